The molecule has 3 aromatic rings. The number of hydrogen-bond donors (Lipinski definition) is 2. The van der Waals surface area contributed by atoms with E-state index >= 15 is 0 Å². The maximum Gasteiger partial charge on any atom is 0.253 e. The lowest BCUT2D eigenvalue weighted by Gasteiger charge is -2.24. The number of benzene rings is 2. The van der Waals surface area contributed by atoms with E-state index in [0.29, 0.717) is 10.6 Å². The minimum absolute atomic E-state index is 0.0986. The Morgan fingerprint density at radius 1 is 1.28 bits per heavy atom. The quantitative estimate of drug-likeness (QED) is 0.743. The molecule has 5 heteroatoms. The lowest BCUT2D eigenvalue weighted by atomic mass is 9.91. The summed E-state index contributed by atoms with van der Waals surface area (Å²) < 4.78 is 5.35. The molecule has 1 heterocycles. The highest BCUT2D eigenvalue weighted by molar-refractivity contribution is 6.33. The number of nitrogens with one attached hydrogen (secondary N) is 2. The van der Waals surface area contributed by atoms with E-state index in [2.05, 4.69) is 16.4 Å². The zero-order valence-electron chi connectivity index (χ0n) is 13.9. The van der Waals surface area contributed by atoms with Gasteiger partial charge in [-0.1, -0.05) is 23.7 Å². The van der Waals surface area contributed by atoms with Crippen LogP contribution in [0.3, 0.4) is 0 Å². The first-order chi connectivity index (χ1) is 12.2. The van der Waals surface area contributed by atoms with E-state index in [1.54, 1.807) is 19.2 Å². The number of fused-ring (bicyclic) bond motifs is 3. The molecule has 0 spiro atoms. The molecular weight excluding hydrogens is 336 g/mol. The number of halogens is 1. The highest BCUT2D eigenvalue weighted by atomic mass is 35.5. The Morgan fingerprint density at radius 3 is 2.92 bits per heavy atom. The van der Waals surface area contributed by atoms with Crippen LogP contribution in [0.4, 0.5) is 0 Å². The smallest absolute Gasteiger partial charge is 0.253 e. The summed E-state index contributed by atoms with van der Waals surface area (Å²) in [6.45, 7) is 0. The Hall–Kier alpha value is -2.46. The molecule has 0 radical (unpaired) electrons. The molecule has 4 nitrogen and oxygen atoms in total. The molecule has 1 aliphatic rings. The van der Waals surface area contributed by atoms with E-state index in [4.69, 9.17) is 16.3 Å². The Kier molecular flexibility index (Phi) is 4.14. The Balaban J connectivity index is 1.58. The summed E-state index contributed by atoms with van der Waals surface area (Å²) in [6.07, 6.45) is 2.63. The van der Waals surface area contributed by atoms with Crippen LogP contribution in [0.25, 0.3) is 10.9 Å². The number of carbonyl (C=O) groups excluding carboxylic acids is 1. The van der Waals surface area contributed by atoms with Crippen molar-refractivity contribution >= 4 is 28.4 Å². The molecule has 0 aliphatic heterocycles. The zero-order valence-corrected chi connectivity index (χ0v) is 14.7. The van der Waals surface area contributed by atoms with Crippen LogP contribution in [0.2, 0.25) is 5.02 Å². The minimum Gasteiger partial charge on any atom is -0.497 e. The van der Waals surface area contributed by atoms with Gasteiger partial charge in [0.05, 0.1) is 17.7 Å². The number of hydrogen-bond acceptors (Lipinski definition) is 2. The van der Waals surface area contributed by atoms with Gasteiger partial charge in [0, 0.05) is 22.6 Å². The normalized spacial score (nSPS) is 16.5. The third-order valence-corrected chi connectivity index (χ3v) is 5.18. The van der Waals surface area contributed by atoms with E-state index in [0.717, 1.165) is 30.5 Å². The molecule has 1 amide bonds. The van der Waals surface area contributed by atoms with Gasteiger partial charge in [0.1, 0.15) is 5.75 Å². The summed E-state index contributed by atoms with van der Waals surface area (Å²) in [5.74, 6) is 0.730. The molecule has 1 aromatic heterocycles. The summed E-state index contributed by atoms with van der Waals surface area (Å²) >= 11 is 6.13. The fourth-order valence-corrected chi connectivity index (χ4v) is 3.78. The SMILES string of the molecule is COc1ccc2[nH]c3c(c2c1)CC(NC(=O)c1ccccc1Cl)CC3. The molecule has 4 rings (SSSR count). The van der Waals surface area contributed by atoms with Gasteiger partial charge in [0.25, 0.3) is 5.91 Å². The van der Waals surface area contributed by atoms with Crippen molar-refractivity contribution < 1.29 is 9.53 Å². The molecule has 2 aromatic carbocycles. The van der Waals surface area contributed by atoms with Crippen LogP contribution >= 0.6 is 11.6 Å². The summed E-state index contributed by atoms with van der Waals surface area (Å²) in [7, 11) is 1.67. The molecule has 1 atom stereocenters. The van der Waals surface area contributed by atoms with Crippen molar-refractivity contribution in [3.63, 3.8) is 0 Å². The standard InChI is InChI=1S/C20H19ClN2O2/c1-25-13-7-9-19-16(11-13)15-10-12(6-8-18(15)23-19)22-20(24)14-4-2-3-5-17(14)21/h2-5,7,9,11-12,23H,6,8,10H2,1H3,(H,22,24). The molecule has 1 aliphatic carbocycles. The highest BCUT2D eigenvalue weighted by Gasteiger charge is 2.24. The van der Waals surface area contributed by atoms with Gasteiger partial charge in [0.15, 0.2) is 0 Å². The van der Waals surface area contributed by atoms with Gasteiger partial charge in [-0.15, -0.1) is 0 Å². The van der Waals surface area contributed by atoms with Crippen LogP contribution in [0.1, 0.15) is 28.0 Å². The van der Waals surface area contributed by atoms with E-state index in [1.165, 1.54) is 16.6 Å². The maximum atomic E-state index is 12.5. The van der Waals surface area contributed by atoms with Crippen LogP contribution in [0.15, 0.2) is 42.5 Å². The highest BCUT2D eigenvalue weighted by Crippen LogP contribution is 2.31. The van der Waals surface area contributed by atoms with Crippen molar-refractivity contribution in [2.24, 2.45) is 0 Å². The van der Waals surface area contributed by atoms with Crippen molar-refractivity contribution in [1.29, 1.82) is 0 Å². The number of amides is 1. The first-order valence-electron chi connectivity index (χ1n) is 8.38. The molecule has 25 heavy (non-hydrogen) atoms. The molecule has 0 saturated carbocycles. The number of ether oxygens (including phenoxy) is 1. The topological polar surface area (TPSA) is 54.1 Å². The van der Waals surface area contributed by atoms with Gasteiger partial charge in [-0.2, -0.15) is 0 Å². The Labute approximate surface area is 151 Å². The number of methoxy groups -OCH3 is 1. The predicted molar refractivity (Wildman–Crippen MR) is 99.6 cm³/mol. The average Bonchev–Trinajstić information content (AvgIpc) is 2.99. The number of aromatic amines is 1. The largest absolute Gasteiger partial charge is 0.497 e. The third-order valence-electron chi connectivity index (χ3n) is 4.85. The number of aryl methyl sites for hydroxylation is 1. The van der Waals surface area contributed by atoms with Gasteiger partial charge >= 0.3 is 0 Å². The van der Waals surface area contributed by atoms with Crippen LogP contribution in [0.5, 0.6) is 5.75 Å². The third kappa shape index (κ3) is 2.98. The molecule has 2 N–H and O–H groups in total. The van der Waals surface area contributed by atoms with Gasteiger partial charge in [-0.25, -0.2) is 0 Å². The second-order valence-corrected chi connectivity index (χ2v) is 6.79. The van der Waals surface area contributed by atoms with Crippen molar-refractivity contribution in [2.45, 2.75) is 25.3 Å². The molecule has 128 valence electrons. The fraction of sp³-hybridized carbons (Fsp3) is 0.250. The van der Waals surface area contributed by atoms with Crippen LogP contribution in [0, 0.1) is 0 Å². The van der Waals surface area contributed by atoms with E-state index in [-0.39, 0.29) is 11.9 Å². The zero-order chi connectivity index (χ0) is 17.4. The van der Waals surface area contributed by atoms with E-state index in [1.807, 2.05) is 24.3 Å². The van der Waals surface area contributed by atoms with Gasteiger partial charge in [-0.05, 0) is 55.2 Å². The summed E-state index contributed by atoms with van der Waals surface area (Å²) in [5, 5.41) is 4.78. The van der Waals surface area contributed by atoms with Crippen molar-refractivity contribution in [1.82, 2.24) is 10.3 Å². The predicted octanol–water partition coefficient (Wildman–Crippen LogP) is 4.12. The van der Waals surface area contributed by atoms with Crippen molar-refractivity contribution in [3.8, 4) is 5.75 Å². The first-order valence-corrected chi connectivity index (χ1v) is 8.76. The van der Waals surface area contributed by atoms with E-state index in [9.17, 15) is 4.79 Å². The van der Waals surface area contributed by atoms with Crippen LogP contribution in [-0.2, 0) is 12.8 Å². The van der Waals surface area contributed by atoms with Gasteiger partial charge in [0.2, 0.25) is 0 Å². The van der Waals surface area contributed by atoms with Gasteiger partial charge in [-0.3, -0.25) is 4.79 Å². The van der Waals surface area contributed by atoms with Crippen LogP contribution < -0.4 is 10.1 Å². The second-order valence-electron chi connectivity index (χ2n) is 6.39. The Bertz CT molecular complexity index is 948. The lowest BCUT2D eigenvalue weighted by Crippen LogP contribution is -2.38. The monoisotopic (exact) mass is 354 g/mol. The number of carbonyl (C=O) groups is 1. The van der Waals surface area contributed by atoms with Crippen molar-refractivity contribution in [2.75, 3.05) is 7.11 Å². The first kappa shape index (κ1) is 16.0. The summed E-state index contributed by atoms with van der Waals surface area (Å²) in [4.78, 5) is 16.0. The van der Waals surface area contributed by atoms with Crippen molar-refractivity contribution in [3.05, 3.63) is 64.3 Å². The number of rotatable bonds is 3. The summed E-state index contributed by atoms with van der Waals surface area (Å²) in [5.41, 5.74) is 4.16. The lowest BCUT2D eigenvalue weighted by molar-refractivity contribution is 0.0934. The minimum atomic E-state index is -0.114. The molecule has 1 unspecified atom stereocenters. The van der Waals surface area contributed by atoms with Gasteiger partial charge < -0.3 is 15.0 Å². The van der Waals surface area contributed by atoms with Crippen LogP contribution in [-0.4, -0.2) is 24.0 Å². The number of H-pyrrole nitrogens is 1. The fourth-order valence-electron chi connectivity index (χ4n) is 3.55. The average molecular weight is 355 g/mol. The van der Waals surface area contributed by atoms with E-state index < -0.39 is 0 Å². The number of aromatic nitrogens is 1. The molecule has 0 saturated heterocycles. The molecular formula is C20H19ClN2O2. The molecule has 0 bridgehead atoms. The molecule has 0 fully saturated rings. The Morgan fingerprint density at radius 2 is 2.12 bits per heavy atom. The summed E-state index contributed by atoms with van der Waals surface area (Å²) in [6, 6.07) is 13.3. The second kappa shape index (κ2) is 6.45. The maximum absolute atomic E-state index is 12.5.